The van der Waals surface area contributed by atoms with Gasteiger partial charge in [0.15, 0.2) is 0 Å². The Kier molecular flexibility index (Phi) is 4.12. The number of hydrogen-bond acceptors (Lipinski definition) is 4. The summed E-state index contributed by atoms with van der Waals surface area (Å²) in [5.74, 6) is 0.339. The van der Waals surface area contributed by atoms with Crippen LogP contribution < -0.4 is 5.32 Å². The van der Waals surface area contributed by atoms with Crippen LogP contribution in [0.3, 0.4) is 0 Å². The maximum absolute atomic E-state index is 11.4. The van der Waals surface area contributed by atoms with Crippen LogP contribution in [0.1, 0.15) is 29.0 Å². The number of nitrogens with one attached hydrogen (secondary N) is 1. The first kappa shape index (κ1) is 10.7. The minimum atomic E-state index is -0.179. The van der Waals surface area contributed by atoms with Crippen LogP contribution in [0.5, 0.6) is 0 Å². The number of unbranched alkanes of at least 4 members (excludes halogenated alkanes) is 1. The van der Waals surface area contributed by atoms with E-state index in [1.807, 2.05) is 0 Å². The molecule has 0 atom stereocenters. The van der Waals surface area contributed by atoms with E-state index in [0.29, 0.717) is 24.3 Å². The molecular weight excluding hydrogens is 184 g/mol. The van der Waals surface area contributed by atoms with E-state index in [4.69, 9.17) is 9.63 Å². The molecule has 1 aromatic heterocycles. The average Bonchev–Trinajstić information content (AvgIpc) is 2.59. The van der Waals surface area contributed by atoms with E-state index in [1.54, 1.807) is 6.92 Å². The summed E-state index contributed by atoms with van der Waals surface area (Å²) < 4.78 is 4.76. The van der Waals surface area contributed by atoms with Gasteiger partial charge < -0.3 is 14.9 Å². The van der Waals surface area contributed by atoms with Gasteiger partial charge >= 0.3 is 0 Å². The monoisotopic (exact) mass is 198 g/mol. The van der Waals surface area contributed by atoms with Crippen molar-refractivity contribution in [1.29, 1.82) is 0 Å². The molecule has 1 amide bonds. The van der Waals surface area contributed by atoms with Crippen LogP contribution in [0.15, 0.2) is 10.7 Å². The number of nitrogens with zero attached hydrogens (tertiary/aromatic N) is 1. The molecule has 0 fully saturated rings. The number of carbonyl (C=O) groups is 1. The Morgan fingerprint density at radius 2 is 2.43 bits per heavy atom. The normalized spacial score (nSPS) is 10.1. The number of hydrogen-bond donors (Lipinski definition) is 2. The van der Waals surface area contributed by atoms with Crippen molar-refractivity contribution in [3.63, 3.8) is 0 Å². The predicted molar refractivity (Wildman–Crippen MR) is 49.9 cm³/mol. The largest absolute Gasteiger partial charge is 0.396 e. The molecule has 0 saturated heterocycles. The highest BCUT2D eigenvalue weighted by Crippen LogP contribution is 2.04. The van der Waals surface area contributed by atoms with E-state index in [9.17, 15) is 4.79 Å². The van der Waals surface area contributed by atoms with Crippen molar-refractivity contribution in [2.75, 3.05) is 13.2 Å². The van der Waals surface area contributed by atoms with Gasteiger partial charge in [0.25, 0.3) is 5.91 Å². The molecule has 0 saturated carbocycles. The lowest BCUT2D eigenvalue weighted by Gasteiger charge is -2.01. The number of rotatable bonds is 5. The van der Waals surface area contributed by atoms with Gasteiger partial charge in [-0.15, -0.1) is 0 Å². The highest BCUT2D eigenvalue weighted by Gasteiger charge is 2.11. The molecule has 5 heteroatoms. The molecule has 1 rings (SSSR count). The Labute approximate surface area is 82.1 Å². The lowest BCUT2D eigenvalue weighted by molar-refractivity contribution is 0.0950. The fourth-order valence-corrected chi connectivity index (χ4v) is 1.05. The van der Waals surface area contributed by atoms with Gasteiger partial charge in [0.1, 0.15) is 11.3 Å². The zero-order valence-electron chi connectivity index (χ0n) is 8.12. The van der Waals surface area contributed by atoms with Crippen molar-refractivity contribution in [1.82, 2.24) is 10.5 Å². The van der Waals surface area contributed by atoms with Gasteiger partial charge in [-0.3, -0.25) is 4.79 Å². The fourth-order valence-electron chi connectivity index (χ4n) is 1.05. The van der Waals surface area contributed by atoms with Crippen molar-refractivity contribution in [3.05, 3.63) is 17.5 Å². The molecule has 5 nitrogen and oxygen atoms in total. The molecule has 1 heterocycles. The summed E-state index contributed by atoms with van der Waals surface area (Å²) in [6.45, 7) is 2.40. The number of aromatic nitrogens is 1. The van der Waals surface area contributed by atoms with E-state index in [1.165, 1.54) is 6.20 Å². The van der Waals surface area contributed by atoms with Crippen LogP contribution in [-0.4, -0.2) is 29.3 Å². The summed E-state index contributed by atoms with van der Waals surface area (Å²) in [7, 11) is 0. The topological polar surface area (TPSA) is 75.4 Å². The Balaban J connectivity index is 2.32. The molecule has 0 unspecified atom stereocenters. The van der Waals surface area contributed by atoms with Gasteiger partial charge in [-0.2, -0.15) is 0 Å². The first-order chi connectivity index (χ1) is 6.75. The van der Waals surface area contributed by atoms with E-state index in [-0.39, 0.29) is 12.5 Å². The van der Waals surface area contributed by atoms with Crippen molar-refractivity contribution >= 4 is 5.91 Å². The van der Waals surface area contributed by atoms with Gasteiger partial charge in [-0.05, 0) is 19.8 Å². The van der Waals surface area contributed by atoms with Crippen LogP contribution in [0.2, 0.25) is 0 Å². The van der Waals surface area contributed by atoms with E-state index < -0.39 is 0 Å². The van der Waals surface area contributed by atoms with Gasteiger partial charge in [-0.1, -0.05) is 5.16 Å². The van der Waals surface area contributed by atoms with Crippen LogP contribution in [0.25, 0.3) is 0 Å². The molecule has 14 heavy (non-hydrogen) atoms. The quantitative estimate of drug-likeness (QED) is 0.675. The molecule has 0 aromatic carbocycles. The second-order valence-corrected chi connectivity index (χ2v) is 2.98. The standard InChI is InChI=1S/C9H14N2O3/c1-7-8(6-11-14-7)9(13)10-4-2-3-5-12/h6,12H,2-5H2,1H3,(H,10,13). The van der Waals surface area contributed by atoms with Crippen LogP contribution >= 0.6 is 0 Å². The summed E-state index contributed by atoms with van der Waals surface area (Å²) in [6.07, 6.45) is 2.87. The molecule has 0 aliphatic heterocycles. The number of carbonyl (C=O) groups excluding carboxylic acids is 1. The Morgan fingerprint density at radius 1 is 1.64 bits per heavy atom. The molecule has 0 aliphatic rings. The predicted octanol–water partition coefficient (Wildman–Crippen LogP) is 0.485. The summed E-state index contributed by atoms with van der Waals surface area (Å²) >= 11 is 0. The van der Waals surface area contributed by atoms with E-state index >= 15 is 0 Å². The zero-order valence-corrected chi connectivity index (χ0v) is 8.12. The summed E-state index contributed by atoms with van der Waals surface area (Å²) in [5.41, 5.74) is 0.467. The second-order valence-electron chi connectivity index (χ2n) is 2.98. The average molecular weight is 198 g/mol. The smallest absolute Gasteiger partial charge is 0.256 e. The highest BCUT2D eigenvalue weighted by atomic mass is 16.5. The van der Waals surface area contributed by atoms with Crippen molar-refractivity contribution < 1.29 is 14.4 Å². The van der Waals surface area contributed by atoms with Gasteiger partial charge in [0.2, 0.25) is 0 Å². The molecule has 78 valence electrons. The Bertz CT molecular complexity index is 296. The minimum Gasteiger partial charge on any atom is -0.396 e. The van der Waals surface area contributed by atoms with Gasteiger partial charge in [0, 0.05) is 13.2 Å². The molecule has 0 radical (unpaired) electrons. The summed E-state index contributed by atoms with van der Waals surface area (Å²) in [4.78, 5) is 11.4. The van der Waals surface area contributed by atoms with Crippen molar-refractivity contribution in [2.24, 2.45) is 0 Å². The lowest BCUT2D eigenvalue weighted by atomic mass is 10.2. The van der Waals surface area contributed by atoms with Gasteiger partial charge in [-0.25, -0.2) is 0 Å². The Hall–Kier alpha value is -1.36. The third kappa shape index (κ3) is 2.85. The minimum absolute atomic E-state index is 0.155. The maximum Gasteiger partial charge on any atom is 0.256 e. The molecule has 2 N–H and O–H groups in total. The van der Waals surface area contributed by atoms with Crippen LogP contribution in [0, 0.1) is 6.92 Å². The first-order valence-electron chi connectivity index (χ1n) is 4.56. The SMILES string of the molecule is Cc1oncc1C(=O)NCCCCO. The van der Waals surface area contributed by atoms with Gasteiger partial charge in [0.05, 0.1) is 6.20 Å². The highest BCUT2D eigenvalue weighted by molar-refractivity contribution is 5.94. The van der Waals surface area contributed by atoms with Crippen molar-refractivity contribution in [3.8, 4) is 0 Å². The fraction of sp³-hybridized carbons (Fsp3) is 0.556. The second kappa shape index (κ2) is 5.39. The molecule has 0 bridgehead atoms. The summed E-state index contributed by atoms with van der Waals surface area (Å²) in [6, 6.07) is 0. The lowest BCUT2D eigenvalue weighted by Crippen LogP contribution is -2.24. The molecule has 0 aliphatic carbocycles. The first-order valence-corrected chi connectivity index (χ1v) is 4.56. The Morgan fingerprint density at radius 3 is 3.00 bits per heavy atom. The third-order valence-electron chi connectivity index (χ3n) is 1.87. The number of aryl methyl sites for hydroxylation is 1. The van der Waals surface area contributed by atoms with E-state index in [0.717, 1.165) is 6.42 Å². The molecular formula is C9H14N2O3. The summed E-state index contributed by atoms with van der Waals surface area (Å²) in [5, 5.41) is 14.7. The van der Waals surface area contributed by atoms with E-state index in [2.05, 4.69) is 10.5 Å². The maximum atomic E-state index is 11.4. The van der Waals surface area contributed by atoms with Crippen LogP contribution in [-0.2, 0) is 0 Å². The number of amides is 1. The number of aliphatic hydroxyl groups is 1. The van der Waals surface area contributed by atoms with Crippen LogP contribution in [0.4, 0.5) is 0 Å². The molecule has 0 spiro atoms. The molecule has 1 aromatic rings. The zero-order chi connectivity index (χ0) is 10.4. The van der Waals surface area contributed by atoms with Crippen molar-refractivity contribution in [2.45, 2.75) is 19.8 Å². The third-order valence-corrected chi connectivity index (χ3v) is 1.87. The number of aliphatic hydroxyl groups excluding tert-OH is 1.